The lowest BCUT2D eigenvalue weighted by Crippen LogP contribution is -2.18. The fraction of sp³-hybridized carbons (Fsp3) is 0.250. The summed E-state index contributed by atoms with van der Waals surface area (Å²) in [5.41, 5.74) is 7.93. The molecule has 2 aromatic carbocycles. The molecule has 0 saturated heterocycles. The minimum absolute atomic E-state index is 0.242. The summed E-state index contributed by atoms with van der Waals surface area (Å²) >= 11 is 0. The zero-order chi connectivity index (χ0) is 14.5. The van der Waals surface area contributed by atoms with Crippen molar-refractivity contribution in [3.05, 3.63) is 70.8 Å². The number of benzene rings is 2. The Morgan fingerprint density at radius 2 is 1.80 bits per heavy atom. The van der Waals surface area contributed by atoms with Gasteiger partial charge in [-0.1, -0.05) is 24.3 Å². The van der Waals surface area contributed by atoms with Gasteiger partial charge in [0.25, 0.3) is 0 Å². The van der Waals surface area contributed by atoms with Gasteiger partial charge in [0.1, 0.15) is 11.6 Å². The molecule has 2 aromatic rings. The van der Waals surface area contributed by atoms with Gasteiger partial charge in [0.05, 0.1) is 0 Å². The average molecular weight is 276 g/mol. The van der Waals surface area contributed by atoms with Crippen LogP contribution in [0.25, 0.3) is 0 Å². The van der Waals surface area contributed by atoms with Crippen LogP contribution in [0.5, 0.6) is 0 Å². The van der Waals surface area contributed by atoms with Crippen molar-refractivity contribution in [1.82, 2.24) is 4.90 Å². The standard InChI is InChI=1S/C16H18F2N2/c1-20(10-13-3-2-4-15(17)8-13)11-14-7-12(9-19)5-6-16(14)18/h2-8H,9-11,19H2,1H3. The molecule has 0 amide bonds. The van der Waals surface area contributed by atoms with Crippen LogP contribution in [0.1, 0.15) is 16.7 Å². The molecule has 0 atom stereocenters. The molecule has 0 aliphatic carbocycles. The molecule has 0 bridgehead atoms. The number of hydrogen-bond acceptors (Lipinski definition) is 2. The summed E-state index contributed by atoms with van der Waals surface area (Å²) < 4.78 is 26.9. The van der Waals surface area contributed by atoms with Crippen molar-refractivity contribution >= 4 is 0 Å². The summed E-state index contributed by atoms with van der Waals surface area (Å²) in [6.45, 7) is 1.40. The Labute approximate surface area is 117 Å². The van der Waals surface area contributed by atoms with Crippen LogP contribution < -0.4 is 5.73 Å². The van der Waals surface area contributed by atoms with Gasteiger partial charge in [-0.25, -0.2) is 8.78 Å². The molecular weight excluding hydrogens is 258 g/mol. The van der Waals surface area contributed by atoms with E-state index in [-0.39, 0.29) is 11.6 Å². The molecule has 4 heteroatoms. The Bertz CT molecular complexity index is 584. The van der Waals surface area contributed by atoms with Crippen molar-refractivity contribution in [3.63, 3.8) is 0 Å². The highest BCUT2D eigenvalue weighted by atomic mass is 19.1. The van der Waals surface area contributed by atoms with Crippen LogP contribution in [0.3, 0.4) is 0 Å². The number of nitrogens with zero attached hydrogens (tertiary/aromatic N) is 1. The highest BCUT2D eigenvalue weighted by Gasteiger charge is 2.08. The van der Waals surface area contributed by atoms with Crippen LogP contribution >= 0.6 is 0 Å². The molecule has 0 spiro atoms. The van der Waals surface area contributed by atoms with Crippen molar-refractivity contribution in [2.45, 2.75) is 19.6 Å². The second-order valence-corrected chi connectivity index (χ2v) is 4.93. The van der Waals surface area contributed by atoms with Gasteiger partial charge < -0.3 is 5.73 Å². The first-order valence-corrected chi connectivity index (χ1v) is 6.49. The van der Waals surface area contributed by atoms with E-state index in [2.05, 4.69) is 0 Å². The second-order valence-electron chi connectivity index (χ2n) is 4.93. The van der Waals surface area contributed by atoms with E-state index in [9.17, 15) is 8.78 Å². The van der Waals surface area contributed by atoms with Gasteiger partial charge in [-0.05, 0) is 36.4 Å². The van der Waals surface area contributed by atoms with E-state index in [1.54, 1.807) is 18.2 Å². The number of nitrogens with two attached hydrogens (primary N) is 1. The molecule has 20 heavy (non-hydrogen) atoms. The summed E-state index contributed by atoms with van der Waals surface area (Å²) in [4.78, 5) is 1.94. The normalized spacial score (nSPS) is 11.1. The number of hydrogen-bond donors (Lipinski definition) is 1. The molecule has 0 fully saturated rings. The number of rotatable bonds is 5. The van der Waals surface area contributed by atoms with E-state index in [4.69, 9.17) is 5.73 Å². The lowest BCUT2D eigenvalue weighted by molar-refractivity contribution is 0.313. The first kappa shape index (κ1) is 14.6. The van der Waals surface area contributed by atoms with Crippen LogP contribution in [0.2, 0.25) is 0 Å². The van der Waals surface area contributed by atoms with Gasteiger partial charge >= 0.3 is 0 Å². The fourth-order valence-corrected chi connectivity index (χ4v) is 2.17. The predicted molar refractivity (Wildman–Crippen MR) is 75.9 cm³/mol. The van der Waals surface area contributed by atoms with E-state index >= 15 is 0 Å². The zero-order valence-corrected chi connectivity index (χ0v) is 11.4. The van der Waals surface area contributed by atoms with Crippen LogP contribution in [0, 0.1) is 11.6 Å². The van der Waals surface area contributed by atoms with Crippen molar-refractivity contribution in [2.24, 2.45) is 5.73 Å². The summed E-state index contributed by atoms with van der Waals surface area (Å²) in [6, 6.07) is 11.3. The molecule has 0 radical (unpaired) electrons. The van der Waals surface area contributed by atoms with Gasteiger partial charge in [-0.15, -0.1) is 0 Å². The van der Waals surface area contributed by atoms with E-state index in [1.165, 1.54) is 18.2 Å². The third kappa shape index (κ3) is 3.85. The Balaban J connectivity index is 2.06. The second kappa shape index (κ2) is 6.59. The molecule has 2 nitrogen and oxygen atoms in total. The van der Waals surface area contributed by atoms with Crippen LogP contribution in [0.15, 0.2) is 42.5 Å². The zero-order valence-electron chi connectivity index (χ0n) is 11.4. The topological polar surface area (TPSA) is 29.3 Å². The summed E-state index contributed by atoms with van der Waals surface area (Å²) in [6.07, 6.45) is 0. The lowest BCUT2D eigenvalue weighted by Gasteiger charge is -2.17. The summed E-state index contributed by atoms with van der Waals surface area (Å²) in [5.74, 6) is -0.500. The monoisotopic (exact) mass is 276 g/mol. The number of halogens is 2. The molecule has 0 aliphatic heterocycles. The molecule has 2 rings (SSSR count). The Hall–Kier alpha value is -1.78. The van der Waals surface area contributed by atoms with Gasteiger partial charge in [-0.2, -0.15) is 0 Å². The third-order valence-corrected chi connectivity index (χ3v) is 3.13. The average Bonchev–Trinajstić information content (AvgIpc) is 2.41. The van der Waals surface area contributed by atoms with Crippen LogP contribution in [-0.4, -0.2) is 11.9 Å². The highest BCUT2D eigenvalue weighted by molar-refractivity contribution is 5.25. The molecule has 0 aromatic heterocycles. The van der Waals surface area contributed by atoms with Crippen LogP contribution in [0.4, 0.5) is 8.78 Å². The quantitative estimate of drug-likeness (QED) is 0.909. The van der Waals surface area contributed by atoms with E-state index in [1.807, 2.05) is 18.0 Å². The summed E-state index contributed by atoms with van der Waals surface area (Å²) in [7, 11) is 1.87. The lowest BCUT2D eigenvalue weighted by atomic mass is 10.1. The Morgan fingerprint density at radius 1 is 1.00 bits per heavy atom. The largest absolute Gasteiger partial charge is 0.326 e. The Morgan fingerprint density at radius 3 is 2.50 bits per heavy atom. The van der Waals surface area contributed by atoms with Crippen molar-refractivity contribution in [1.29, 1.82) is 0 Å². The molecule has 0 saturated carbocycles. The van der Waals surface area contributed by atoms with E-state index < -0.39 is 0 Å². The van der Waals surface area contributed by atoms with Crippen molar-refractivity contribution < 1.29 is 8.78 Å². The molecular formula is C16H18F2N2. The first-order chi connectivity index (χ1) is 9.58. The predicted octanol–water partition coefficient (Wildman–Crippen LogP) is 3.06. The van der Waals surface area contributed by atoms with Crippen molar-refractivity contribution in [2.75, 3.05) is 7.05 Å². The Kier molecular flexibility index (Phi) is 4.82. The van der Waals surface area contributed by atoms with Crippen LogP contribution in [-0.2, 0) is 19.6 Å². The van der Waals surface area contributed by atoms with Crippen molar-refractivity contribution in [3.8, 4) is 0 Å². The maximum atomic E-state index is 13.7. The smallest absolute Gasteiger partial charge is 0.127 e. The maximum absolute atomic E-state index is 13.7. The SMILES string of the molecule is CN(Cc1cccc(F)c1)Cc1cc(CN)ccc1F. The fourth-order valence-electron chi connectivity index (χ4n) is 2.17. The molecule has 106 valence electrons. The maximum Gasteiger partial charge on any atom is 0.127 e. The first-order valence-electron chi connectivity index (χ1n) is 6.49. The van der Waals surface area contributed by atoms with Gasteiger partial charge in [-0.3, -0.25) is 4.90 Å². The highest BCUT2D eigenvalue weighted by Crippen LogP contribution is 2.14. The molecule has 0 aliphatic rings. The van der Waals surface area contributed by atoms with Gasteiger partial charge in [0.2, 0.25) is 0 Å². The van der Waals surface area contributed by atoms with Gasteiger partial charge in [0.15, 0.2) is 0 Å². The van der Waals surface area contributed by atoms with E-state index in [0.717, 1.165) is 11.1 Å². The minimum Gasteiger partial charge on any atom is -0.326 e. The minimum atomic E-state index is -0.257. The summed E-state index contributed by atoms with van der Waals surface area (Å²) in [5, 5.41) is 0. The third-order valence-electron chi connectivity index (χ3n) is 3.13. The molecule has 0 heterocycles. The van der Waals surface area contributed by atoms with E-state index in [0.29, 0.717) is 25.2 Å². The molecule has 2 N–H and O–H groups in total. The molecule has 0 unspecified atom stereocenters. The van der Waals surface area contributed by atoms with Gasteiger partial charge in [0, 0.05) is 25.2 Å².